The van der Waals surface area contributed by atoms with Crippen molar-refractivity contribution in [3.63, 3.8) is 0 Å². The minimum absolute atomic E-state index is 0.0968. The third-order valence-corrected chi connectivity index (χ3v) is 3.74. The van der Waals surface area contributed by atoms with Gasteiger partial charge in [0.05, 0.1) is 0 Å². The second-order valence-electron chi connectivity index (χ2n) is 4.58. The van der Waals surface area contributed by atoms with Gasteiger partial charge in [-0.25, -0.2) is 0 Å². The zero-order chi connectivity index (χ0) is 12.6. The van der Waals surface area contributed by atoms with E-state index in [1.807, 2.05) is 20.0 Å². The number of halogens is 1. The van der Waals surface area contributed by atoms with Crippen LogP contribution in [0.25, 0.3) is 5.70 Å². The van der Waals surface area contributed by atoms with Crippen molar-refractivity contribution in [2.45, 2.75) is 20.3 Å². The maximum atomic E-state index is 12.0. The average molecular weight is 294 g/mol. The normalized spacial score (nSPS) is 20.5. The second kappa shape index (κ2) is 4.65. The van der Waals surface area contributed by atoms with Crippen LogP contribution in [-0.2, 0) is 4.79 Å². The van der Waals surface area contributed by atoms with E-state index in [4.69, 9.17) is 0 Å². The lowest BCUT2D eigenvalue weighted by atomic mass is 9.96. The van der Waals surface area contributed by atoms with Crippen LogP contribution in [0.2, 0.25) is 0 Å². The summed E-state index contributed by atoms with van der Waals surface area (Å²) in [6, 6.07) is 6.15. The molecule has 1 aromatic carbocycles. The fraction of sp³-hybridized carbons (Fsp3) is 0.357. The SMILES string of the molecule is Cc1cc(Br)ccc1C1=CCC(C)C(=O)N1C. The van der Waals surface area contributed by atoms with Crippen molar-refractivity contribution in [3.05, 3.63) is 39.9 Å². The number of allylic oxidation sites excluding steroid dienone is 1. The zero-order valence-corrected chi connectivity index (χ0v) is 11.9. The lowest BCUT2D eigenvalue weighted by molar-refractivity contribution is -0.131. The number of carbonyl (C=O) groups is 1. The number of rotatable bonds is 1. The molecule has 1 heterocycles. The number of benzene rings is 1. The van der Waals surface area contributed by atoms with Gasteiger partial charge in [-0.1, -0.05) is 35.0 Å². The summed E-state index contributed by atoms with van der Waals surface area (Å²) in [5.41, 5.74) is 3.34. The minimum atomic E-state index is 0.0968. The van der Waals surface area contributed by atoms with Gasteiger partial charge in [0.25, 0.3) is 0 Å². The summed E-state index contributed by atoms with van der Waals surface area (Å²) in [7, 11) is 1.85. The van der Waals surface area contributed by atoms with Gasteiger partial charge in [-0.3, -0.25) is 4.79 Å². The van der Waals surface area contributed by atoms with Crippen molar-refractivity contribution < 1.29 is 4.79 Å². The topological polar surface area (TPSA) is 20.3 Å². The molecule has 1 atom stereocenters. The van der Waals surface area contributed by atoms with E-state index in [1.54, 1.807) is 4.90 Å². The lowest BCUT2D eigenvalue weighted by Gasteiger charge is -2.29. The van der Waals surface area contributed by atoms with Crippen molar-refractivity contribution >= 4 is 27.5 Å². The monoisotopic (exact) mass is 293 g/mol. The van der Waals surface area contributed by atoms with Gasteiger partial charge in [0.1, 0.15) is 0 Å². The Morgan fingerprint density at radius 1 is 1.41 bits per heavy atom. The van der Waals surface area contributed by atoms with Crippen molar-refractivity contribution in [1.82, 2.24) is 4.90 Å². The third-order valence-electron chi connectivity index (χ3n) is 3.24. The van der Waals surface area contributed by atoms with E-state index in [0.29, 0.717) is 0 Å². The van der Waals surface area contributed by atoms with Crippen LogP contribution < -0.4 is 0 Å². The van der Waals surface area contributed by atoms with Gasteiger partial charge in [-0.05, 0) is 31.0 Å². The van der Waals surface area contributed by atoms with Crippen molar-refractivity contribution in [3.8, 4) is 0 Å². The Balaban J connectivity index is 2.43. The van der Waals surface area contributed by atoms with Gasteiger partial charge < -0.3 is 4.90 Å². The Kier molecular flexibility index (Phi) is 3.38. The highest BCUT2D eigenvalue weighted by Crippen LogP contribution is 2.30. The number of nitrogens with zero attached hydrogens (tertiary/aromatic N) is 1. The highest BCUT2D eigenvalue weighted by Gasteiger charge is 2.25. The van der Waals surface area contributed by atoms with Crippen LogP contribution in [0.4, 0.5) is 0 Å². The second-order valence-corrected chi connectivity index (χ2v) is 5.50. The molecular formula is C14H16BrNO. The van der Waals surface area contributed by atoms with Crippen LogP contribution in [0, 0.1) is 12.8 Å². The highest BCUT2D eigenvalue weighted by molar-refractivity contribution is 9.10. The Labute approximate surface area is 110 Å². The first-order chi connectivity index (χ1) is 8.00. The van der Waals surface area contributed by atoms with Crippen LogP contribution in [0.1, 0.15) is 24.5 Å². The molecular weight excluding hydrogens is 278 g/mol. The molecule has 1 aliphatic heterocycles. The molecule has 0 saturated heterocycles. The smallest absolute Gasteiger partial charge is 0.229 e. The quantitative estimate of drug-likeness (QED) is 0.775. The first-order valence-electron chi connectivity index (χ1n) is 5.75. The Hall–Kier alpha value is -1.09. The molecule has 2 rings (SSSR count). The largest absolute Gasteiger partial charge is 0.315 e. The van der Waals surface area contributed by atoms with Crippen LogP contribution in [-0.4, -0.2) is 17.9 Å². The first-order valence-corrected chi connectivity index (χ1v) is 6.54. The van der Waals surface area contributed by atoms with Gasteiger partial charge in [0.15, 0.2) is 0 Å². The maximum absolute atomic E-state index is 12.0. The predicted molar refractivity (Wildman–Crippen MR) is 73.4 cm³/mol. The van der Waals surface area contributed by atoms with E-state index < -0.39 is 0 Å². The minimum Gasteiger partial charge on any atom is -0.315 e. The van der Waals surface area contributed by atoms with Crippen LogP contribution in [0.15, 0.2) is 28.7 Å². The van der Waals surface area contributed by atoms with E-state index in [1.165, 1.54) is 5.56 Å². The molecule has 0 saturated carbocycles. The summed E-state index contributed by atoms with van der Waals surface area (Å²) in [5.74, 6) is 0.296. The summed E-state index contributed by atoms with van der Waals surface area (Å²) in [6.45, 7) is 4.04. The molecule has 0 N–H and O–H groups in total. The van der Waals surface area contributed by atoms with Crippen LogP contribution in [0.3, 0.4) is 0 Å². The van der Waals surface area contributed by atoms with Crippen molar-refractivity contribution in [2.24, 2.45) is 5.92 Å². The molecule has 0 fully saturated rings. The summed E-state index contributed by atoms with van der Waals surface area (Å²) in [6.07, 6.45) is 2.98. The molecule has 0 aromatic heterocycles. The standard InChI is InChI=1S/C14H16BrNO/c1-9-4-7-13(16(3)14(9)17)12-6-5-11(15)8-10(12)2/h5-9H,4H2,1-3H3. The average Bonchev–Trinajstić information content (AvgIpc) is 2.28. The number of carbonyl (C=O) groups excluding carboxylic acids is 1. The van der Waals surface area contributed by atoms with Crippen molar-refractivity contribution in [1.29, 1.82) is 0 Å². The molecule has 0 bridgehead atoms. The van der Waals surface area contributed by atoms with Crippen LogP contribution in [0.5, 0.6) is 0 Å². The summed E-state index contributed by atoms with van der Waals surface area (Å²) in [5, 5.41) is 0. The Morgan fingerprint density at radius 3 is 2.76 bits per heavy atom. The Bertz CT molecular complexity index is 493. The van der Waals surface area contributed by atoms with Gasteiger partial charge in [0.2, 0.25) is 5.91 Å². The molecule has 2 nitrogen and oxygen atoms in total. The molecule has 17 heavy (non-hydrogen) atoms. The molecule has 1 aliphatic rings. The molecule has 0 aliphatic carbocycles. The highest BCUT2D eigenvalue weighted by atomic mass is 79.9. The predicted octanol–water partition coefficient (Wildman–Crippen LogP) is 3.60. The van der Waals surface area contributed by atoms with Crippen LogP contribution >= 0.6 is 15.9 Å². The van der Waals surface area contributed by atoms with E-state index >= 15 is 0 Å². The van der Waals surface area contributed by atoms with Gasteiger partial charge in [0, 0.05) is 28.7 Å². The number of hydrogen-bond acceptors (Lipinski definition) is 1. The molecule has 1 aromatic rings. The number of hydrogen-bond donors (Lipinski definition) is 0. The molecule has 0 radical (unpaired) electrons. The first kappa shape index (κ1) is 12.4. The molecule has 1 unspecified atom stereocenters. The van der Waals surface area contributed by atoms with E-state index in [0.717, 1.165) is 22.2 Å². The number of amides is 1. The van der Waals surface area contributed by atoms with Gasteiger partial charge >= 0.3 is 0 Å². The zero-order valence-electron chi connectivity index (χ0n) is 10.3. The van der Waals surface area contributed by atoms with E-state index in [2.05, 4.69) is 41.1 Å². The summed E-state index contributed by atoms with van der Waals surface area (Å²) < 4.78 is 1.07. The lowest BCUT2D eigenvalue weighted by Crippen LogP contribution is -2.33. The molecule has 0 spiro atoms. The Morgan fingerprint density at radius 2 is 2.12 bits per heavy atom. The van der Waals surface area contributed by atoms with E-state index in [9.17, 15) is 4.79 Å². The van der Waals surface area contributed by atoms with E-state index in [-0.39, 0.29) is 11.8 Å². The number of aryl methyl sites for hydroxylation is 1. The summed E-state index contributed by atoms with van der Waals surface area (Å²) >= 11 is 3.46. The fourth-order valence-corrected chi connectivity index (χ4v) is 2.66. The van der Waals surface area contributed by atoms with Gasteiger partial charge in [-0.15, -0.1) is 0 Å². The van der Waals surface area contributed by atoms with Crippen molar-refractivity contribution in [2.75, 3.05) is 7.05 Å². The fourth-order valence-electron chi connectivity index (χ4n) is 2.18. The molecule has 1 amide bonds. The molecule has 3 heteroatoms. The maximum Gasteiger partial charge on any atom is 0.229 e. The van der Waals surface area contributed by atoms with Gasteiger partial charge in [-0.2, -0.15) is 0 Å². The molecule has 90 valence electrons. The third kappa shape index (κ3) is 2.29. The summed E-state index contributed by atoms with van der Waals surface area (Å²) in [4.78, 5) is 13.7.